The van der Waals surface area contributed by atoms with E-state index in [0.717, 1.165) is 37.4 Å². The van der Waals surface area contributed by atoms with E-state index in [1.807, 2.05) is 30.3 Å². The van der Waals surface area contributed by atoms with Crippen molar-refractivity contribution in [3.63, 3.8) is 0 Å². The maximum absolute atomic E-state index is 12.2. The molecule has 0 saturated carbocycles. The molecule has 1 fully saturated rings. The second-order valence-corrected chi connectivity index (χ2v) is 6.38. The van der Waals surface area contributed by atoms with Crippen molar-refractivity contribution in [3.8, 4) is 0 Å². The first-order valence-electron chi connectivity index (χ1n) is 8.10. The molecule has 1 saturated heterocycles. The van der Waals surface area contributed by atoms with Gasteiger partial charge in [0.15, 0.2) is 5.78 Å². The molecule has 120 valence electrons. The van der Waals surface area contributed by atoms with E-state index in [-0.39, 0.29) is 11.7 Å². The number of hydrogen-bond donors (Lipinski definition) is 1. The Kier molecular flexibility index (Phi) is 6.13. The van der Waals surface area contributed by atoms with Gasteiger partial charge in [0.25, 0.3) is 0 Å². The Labute approximate surface area is 132 Å². The number of nitrogens with zero attached hydrogens (tertiary/aromatic N) is 1. The lowest BCUT2D eigenvalue weighted by molar-refractivity contribution is -0.127. The van der Waals surface area contributed by atoms with Gasteiger partial charge in [-0.2, -0.15) is 0 Å². The van der Waals surface area contributed by atoms with Crippen molar-refractivity contribution in [2.75, 3.05) is 19.6 Å². The molecule has 1 aliphatic rings. The van der Waals surface area contributed by atoms with Gasteiger partial charge in [-0.1, -0.05) is 37.3 Å². The van der Waals surface area contributed by atoms with E-state index in [1.165, 1.54) is 6.92 Å². The number of amides is 1. The zero-order valence-corrected chi connectivity index (χ0v) is 13.5. The summed E-state index contributed by atoms with van der Waals surface area (Å²) in [4.78, 5) is 26.2. The van der Waals surface area contributed by atoms with Crippen LogP contribution in [0.4, 0.5) is 0 Å². The van der Waals surface area contributed by atoms with Gasteiger partial charge in [-0.15, -0.1) is 0 Å². The SMILES string of the molecule is CC(=O)[C@H](Cc1ccccc1)NC(=O)CN1CCC(C)CC1. The molecule has 1 aromatic rings. The van der Waals surface area contributed by atoms with Crippen molar-refractivity contribution in [1.82, 2.24) is 10.2 Å². The second-order valence-electron chi connectivity index (χ2n) is 6.38. The Bertz CT molecular complexity index is 493. The molecule has 1 N–H and O–H groups in total. The Morgan fingerprint density at radius 2 is 1.86 bits per heavy atom. The molecule has 0 radical (unpaired) electrons. The highest BCUT2D eigenvalue weighted by Crippen LogP contribution is 2.15. The number of nitrogens with one attached hydrogen (secondary N) is 1. The van der Waals surface area contributed by atoms with E-state index in [0.29, 0.717) is 13.0 Å². The van der Waals surface area contributed by atoms with Crippen LogP contribution in [0.1, 0.15) is 32.3 Å². The molecule has 4 nitrogen and oxygen atoms in total. The molecule has 22 heavy (non-hydrogen) atoms. The minimum absolute atomic E-state index is 0.00414. The number of benzene rings is 1. The summed E-state index contributed by atoms with van der Waals surface area (Å²) in [7, 11) is 0. The molecule has 0 aromatic heterocycles. The number of ketones is 1. The highest BCUT2D eigenvalue weighted by molar-refractivity contribution is 5.88. The Hall–Kier alpha value is -1.68. The zero-order valence-electron chi connectivity index (χ0n) is 13.5. The lowest BCUT2D eigenvalue weighted by atomic mass is 9.99. The van der Waals surface area contributed by atoms with Crippen LogP contribution in [0.15, 0.2) is 30.3 Å². The monoisotopic (exact) mass is 302 g/mol. The number of Topliss-reactive ketones (excluding diaryl/α,β-unsaturated/α-hetero) is 1. The molecule has 1 heterocycles. The molecule has 1 atom stereocenters. The van der Waals surface area contributed by atoms with Gasteiger partial charge in [0.2, 0.25) is 5.91 Å². The summed E-state index contributed by atoms with van der Waals surface area (Å²) < 4.78 is 0. The minimum atomic E-state index is -0.432. The fourth-order valence-corrected chi connectivity index (χ4v) is 2.81. The Morgan fingerprint density at radius 3 is 2.45 bits per heavy atom. The van der Waals surface area contributed by atoms with Crippen LogP contribution < -0.4 is 5.32 Å². The van der Waals surface area contributed by atoms with Crippen LogP contribution in [-0.2, 0) is 16.0 Å². The highest BCUT2D eigenvalue weighted by Gasteiger charge is 2.21. The molecule has 0 aliphatic carbocycles. The van der Waals surface area contributed by atoms with Gasteiger partial charge < -0.3 is 5.32 Å². The summed E-state index contributed by atoms with van der Waals surface area (Å²) in [6.07, 6.45) is 2.85. The van der Waals surface area contributed by atoms with Crippen LogP contribution in [0.25, 0.3) is 0 Å². The van der Waals surface area contributed by atoms with Crippen molar-refractivity contribution < 1.29 is 9.59 Å². The molecule has 2 rings (SSSR count). The smallest absolute Gasteiger partial charge is 0.234 e. The predicted molar refractivity (Wildman–Crippen MR) is 87.6 cm³/mol. The first-order chi connectivity index (χ1) is 10.5. The van der Waals surface area contributed by atoms with Gasteiger partial charge in [0.1, 0.15) is 0 Å². The molecule has 1 amide bonds. The van der Waals surface area contributed by atoms with Crippen LogP contribution in [0, 0.1) is 5.92 Å². The van der Waals surface area contributed by atoms with E-state index < -0.39 is 6.04 Å². The summed E-state index contributed by atoms with van der Waals surface area (Å²) in [5, 5.41) is 2.89. The number of carbonyl (C=O) groups is 2. The third-order valence-corrected chi connectivity index (χ3v) is 4.35. The molecule has 0 bridgehead atoms. The molecular weight excluding hydrogens is 276 g/mol. The molecule has 1 aliphatic heterocycles. The Balaban J connectivity index is 1.85. The number of likely N-dealkylation sites (tertiary alicyclic amines) is 1. The van der Waals surface area contributed by atoms with Crippen LogP contribution in [0.2, 0.25) is 0 Å². The van der Waals surface area contributed by atoms with E-state index >= 15 is 0 Å². The lowest BCUT2D eigenvalue weighted by Gasteiger charge is -2.30. The van der Waals surface area contributed by atoms with Crippen molar-refractivity contribution in [1.29, 1.82) is 0 Å². The van der Waals surface area contributed by atoms with Gasteiger partial charge in [0.05, 0.1) is 12.6 Å². The van der Waals surface area contributed by atoms with Crippen LogP contribution in [0.3, 0.4) is 0 Å². The summed E-state index contributed by atoms with van der Waals surface area (Å²) in [6.45, 7) is 6.13. The van der Waals surface area contributed by atoms with Crippen molar-refractivity contribution in [2.24, 2.45) is 5.92 Å². The second kappa shape index (κ2) is 8.08. The molecule has 0 unspecified atom stereocenters. The third kappa shape index (κ3) is 5.26. The maximum atomic E-state index is 12.2. The first kappa shape index (κ1) is 16.7. The predicted octanol–water partition coefficient (Wildman–Crippen LogP) is 2.03. The lowest BCUT2D eigenvalue weighted by Crippen LogP contribution is -2.47. The normalized spacial score (nSPS) is 17.9. The van der Waals surface area contributed by atoms with Gasteiger partial charge in [-0.25, -0.2) is 0 Å². The maximum Gasteiger partial charge on any atom is 0.234 e. The van der Waals surface area contributed by atoms with Crippen molar-refractivity contribution in [2.45, 2.75) is 39.2 Å². The minimum Gasteiger partial charge on any atom is -0.345 e. The summed E-state index contributed by atoms with van der Waals surface area (Å²) in [6, 6.07) is 9.37. The van der Waals surface area contributed by atoms with E-state index in [2.05, 4.69) is 17.1 Å². The standard InChI is InChI=1S/C18H26N2O2/c1-14-8-10-20(11-9-14)13-18(22)19-17(15(2)21)12-16-6-4-3-5-7-16/h3-7,14,17H,8-13H2,1-2H3,(H,19,22)/t17-/m0/s1. The quantitative estimate of drug-likeness (QED) is 0.875. The fourth-order valence-electron chi connectivity index (χ4n) is 2.81. The average molecular weight is 302 g/mol. The van der Waals surface area contributed by atoms with Gasteiger partial charge in [-0.05, 0) is 50.8 Å². The highest BCUT2D eigenvalue weighted by atomic mass is 16.2. The summed E-state index contributed by atoms with van der Waals surface area (Å²) in [5.74, 6) is 0.706. The van der Waals surface area contributed by atoms with Crippen LogP contribution in [-0.4, -0.2) is 42.3 Å². The van der Waals surface area contributed by atoms with Gasteiger partial charge >= 0.3 is 0 Å². The average Bonchev–Trinajstić information content (AvgIpc) is 2.50. The van der Waals surface area contributed by atoms with Crippen LogP contribution in [0.5, 0.6) is 0 Å². The van der Waals surface area contributed by atoms with E-state index in [1.54, 1.807) is 0 Å². The first-order valence-corrected chi connectivity index (χ1v) is 8.10. The molecular formula is C18H26N2O2. The topological polar surface area (TPSA) is 49.4 Å². The molecule has 0 spiro atoms. The number of carbonyl (C=O) groups excluding carboxylic acids is 2. The number of piperidine rings is 1. The zero-order chi connectivity index (χ0) is 15.9. The molecule has 1 aromatic carbocycles. The van der Waals surface area contributed by atoms with Crippen LogP contribution >= 0.6 is 0 Å². The van der Waals surface area contributed by atoms with E-state index in [9.17, 15) is 9.59 Å². The Morgan fingerprint density at radius 1 is 1.23 bits per heavy atom. The number of rotatable bonds is 6. The fraction of sp³-hybridized carbons (Fsp3) is 0.556. The van der Waals surface area contributed by atoms with Crippen molar-refractivity contribution >= 4 is 11.7 Å². The summed E-state index contributed by atoms with van der Waals surface area (Å²) >= 11 is 0. The van der Waals surface area contributed by atoms with Gasteiger partial charge in [-0.3, -0.25) is 14.5 Å². The van der Waals surface area contributed by atoms with Crippen molar-refractivity contribution in [3.05, 3.63) is 35.9 Å². The van der Waals surface area contributed by atoms with E-state index in [4.69, 9.17) is 0 Å². The largest absolute Gasteiger partial charge is 0.345 e. The van der Waals surface area contributed by atoms with Gasteiger partial charge in [0, 0.05) is 0 Å². The summed E-state index contributed by atoms with van der Waals surface area (Å²) in [5.41, 5.74) is 1.06. The molecule has 4 heteroatoms. The number of hydrogen-bond acceptors (Lipinski definition) is 3. The third-order valence-electron chi connectivity index (χ3n) is 4.35.